The van der Waals surface area contributed by atoms with Gasteiger partial charge in [0.1, 0.15) is 11.4 Å². The number of amides is 2. The van der Waals surface area contributed by atoms with Gasteiger partial charge in [-0.1, -0.05) is 30.3 Å². The van der Waals surface area contributed by atoms with E-state index in [1.165, 1.54) is 24.3 Å². The fraction of sp³-hybridized carbons (Fsp3) is 0.0526. The average molecular weight is 338 g/mol. The van der Waals surface area contributed by atoms with E-state index in [9.17, 15) is 14.0 Å². The highest BCUT2D eigenvalue weighted by Gasteiger charge is 2.17. The molecule has 5 nitrogen and oxygen atoms in total. The molecule has 126 valence electrons. The number of fused-ring (bicyclic) bond motifs is 1. The van der Waals surface area contributed by atoms with E-state index in [1.807, 2.05) is 18.2 Å². The van der Waals surface area contributed by atoms with Crippen LogP contribution in [0, 0.1) is 12.7 Å². The highest BCUT2D eigenvalue weighted by Crippen LogP contribution is 2.24. The second kappa shape index (κ2) is 7.00. The monoisotopic (exact) mass is 338 g/mol. The van der Waals surface area contributed by atoms with E-state index in [2.05, 4.69) is 10.9 Å². The van der Waals surface area contributed by atoms with Gasteiger partial charge in [-0.15, -0.1) is 0 Å². The van der Waals surface area contributed by atoms with Gasteiger partial charge in [0.05, 0.1) is 0 Å². The van der Waals surface area contributed by atoms with Crippen molar-refractivity contribution in [2.45, 2.75) is 6.92 Å². The Morgan fingerprint density at radius 2 is 1.88 bits per heavy atom. The molecule has 0 aliphatic carbocycles. The van der Waals surface area contributed by atoms with Crippen LogP contribution in [0.25, 0.3) is 17.0 Å². The Balaban J connectivity index is 1.63. The van der Waals surface area contributed by atoms with Gasteiger partial charge in [-0.2, -0.15) is 0 Å². The third-order valence-corrected chi connectivity index (χ3v) is 3.62. The van der Waals surface area contributed by atoms with Gasteiger partial charge in [-0.05, 0) is 36.8 Å². The second-order valence-electron chi connectivity index (χ2n) is 5.38. The van der Waals surface area contributed by atoms with Gasteiger partial charge in [0.15, 0.2) is 5.76 Å². The van der Waals surface area contributed by atoms with Crippen molar-refractivity contribution in [3.05, 3.63) is 77.3 Å². The van der Waals surface area contributed by atoms with Crippen molar-refractivity contribution in [2.24, 2.45) is 0 Å². The Morgan fingerprint density at radius 3 is 2.64 bits per heavy atom. The summed E-state index contributed by atoms with van der Waals surface area (Å²) in [6.45, 7) is 1.77. The lowest BCUT2D eigenvalue weighted by molar-refractivity contribution is -0.117. The molecule has 0 saturated carbocycles. The van der Waals surface area contributed by atoms with Crippen LogP contribution in [-0.2, 0) is 4.79 Å². The molecule has 0 atom stereocenters. The van der Waals surface area contributed by atoms with Crippen molar-refractivity contribution < 1.29 is 18.4 Å². The predicted octanol–water partition coefficient (Wildman–Crippen LogP) is 3.35. The third-order valence-electron chi connectivity index (χ3n) is 3.62. The number of furan rings is 1. The summed E-state index contributed by atoms with van der Waals surface area (Å²) in [5, 5.41) is 0.838. The molecule has 2 aromatic carbocycles. The molecule has 2 amide bonds. The fourth-order valence-electron chi connectivity index (χ4n) is 2.39. The minimum Gasteiger partial charge on any atom is -0.451 e. The molecule has 0 unspecified atom stereocenters. The van der Waals surface area contributed by atoms with Crippen molar-refractivity contribution in [2.75, 3.05) is 0 Å². The molecule has 0 fully saturated rings. The van der Waals surface area contributed by atoms with Gasteiger partial charge in [0, 0.05) is 17.0 Å². The molecule has 0 saturated heterocycles. The first-order valence-electron chi connectivity index (χ1n) is 7.56. The standard InChI is InChI=1S/C19H15FN2O3/c1-12-15-7-2-3-8-16(15)25-18(12)19(24)22-21-17(23)10-9-13-5-4-6-14(20)11-13/h2-11H,1H3,(H,21,23)(H,22,24)/b10-9+. The number of hydrogen-bond donors (Lipinski definition) is 2. The highest BCUT2D eigenvalue weighted by molar-refractivity contribution is 6.00. The quantitative estimate of drug-likeness (QED) is 0.568. The number of halogens is 1. The molecule has 3 rings (SSSR count). The molecule has 1 heterocycles. The van der Waals surface area contributed by atoms with Crippen molar-refractivity contribution in [3.63, 3.8) is 0 Å². The molecule has 0 spiro atoms. The largest absolute Gasteiger partial charge is 0.451 e. The van der Waals surface area contributed by atoms with Crippen molar-refractivity contribution in [1.82, 2.24) is 10.9 Å². The summed E-state index contributed by atoms with van der Waals surface area (Å²) in [5.41, 5.74) is 6.38. The molecule has 1 aromatic heterocycles. The Kier molecular flexibility index (Phi) is 4.61. The van der Waals surface area contributed by atoms with Crippen LogP contribution in [0.4, 0.5) is 4.39 Å². The summed E-state index contributed by atoms with van der Waals surface area (Å²) in [5.74, 6) is -1.36. The minimum absolute atomic E-state index is 0.135. The van der Waals surface area contributed by atoms with E-state index in [0.717, 1.165) is 5.39 Å². The molecule has 3 aromatic rings. The minimum atomic E-state index is -0.554. The number of para-hydroxylation sites is 1. The van der Waals surface area contributed by atoms with E-state index < -0.39 is 17.6 Å². The lowest BCUT2D eigenvalue weighted by atomic mass is 10.1. The molecule has 0 aliphatic rings. The summed E-state index contributed by atoms with van der Waals surface area (Å²) in [6, 6.07) is 13.1. The number of nitrogens with one attached hydrogen (secondary N) is 2. The smallest absolute Gasteiger partial charge is 0.305 e. The summed E-state index contributed by atoms with van der Waals surface area (Å²) in [4.78, 5) is 23.9. The topological polar surface area (TPSA) is 71.3 Å². The Morgan fingerprint density at radius 1 is 1.08 bits per heavy atom. The van der Waals surface area contributed by atoms with Crippen molar-refractivity contribution in [1.29, 1.82) is 0 Å². The molecular formula is C19H15FN2O3. The first-order valence-corrected chi connectivity index (χ1v) is 7.56. The summed E-state index contributed by atoms with van der Waals surface area (Å²) < 4.78 is 18.6. The van der Waals surface area contributed by atoms with Crippen LogP contribution < -0.4 is 10.9 Å². The fourth-order valence-corrected chi connectivity index (χ4v) is 2.39. The van der Waals surface area contributed by atoms with Crippen molar-refractivity contribution in [3.8, 4) is 0 Å². The Bertz CT molecular complexity index is 976. The Hall–Kier alpha value is -3.41. The van der Waals surface area contributed by atoms with Crippen LogP contribution in [-0.4, -0.2) is 11.8 Å². The van der Waals surface area contributed by atoms with E-state index >= 15 is 0 Å². The summed E-state index contributed by atoms with van der Waals surface area (Å²) in [6.07, 6.45) is 2.64. The third kappa shape index (κ3) is 3.74. The van der Waals surface area contributed by atoms with E-state index in [4.69, 9.17) is 4.42 Å². The highest BCUT2D eigenvalue weighted by atomic mass is 19.1. The predicted molar refractivity (Wildman–Crippen MR) is 92.0 cm³/mol. The zero-order valence-corrected chi connectivity index (χ0v) is 13.4. The lowest BCUT2D eigenvalue weighted by Gasteiger charge is -2.03. The molecular weight excluding hydrogens is 323 g/mol. The maximum absolute atomic E-state index is 13.1. The zero-order chi connectivity index (χ0) is 17.8. The van der Waals surface area contributed by atoms with E-state index in [1.54, 1.807) is 25.1 Å². The van der Waals surface area contributed by atoms with Gasteiger partial charge in [0.25, 0.3) is 5.91 Å². The lowest BCUT2D eigenvalue weighted by Crippen LogP contribution is -2.40. The van der Waals surface area contributed by atoms with Gasteiger partial charge in [-0.3, -0.25) is 20.4 Å². The second-order valence-corrected chi connectivity index (χ2v) is 5.38. The van der Waals surface area contributed by atoms with Crippen molar-refractivity contribution >= 4 is 28.9 Å². The molecule has 0 bridgehead atoms. The average Bonchev–Trinajstić information content (AvgIpc) is 2.95. The van der Waals surface area contributed by atoms with Crippen LogP contribution in [0.15, 0.2) is 59.0 Å². The number of hydrazine groups is 1. The number of benzene rings is 2. The molecule has 25 heavy (non-hydrogen) atoms. The number of hydrogen-bond acceptors (Lipinski definition) is 3. The normalized spacial score (nSPS) is 11.0. The van der Waals surface area contributed by atoms with Gasteiger partial charge >= 0.3 is 5.91 Å². The molecule has 2 N–H and O–H groups in total. The maximum Gasteiger partial charge on any atom is 0.305 e. The van der Waals surface area contributed by atoms with Crippen LogP contribution >= 0.6 is 0 Å². The summed E-state index contributed by atoms with van der Waals surface area (Å²) >= 11 is 0. The van der Waals surface area contributed by atoms with Crippen LogP contribution in [0.3, 0.4) is 0 Å². The van der Waals surface area contributed by atoms with Gasteiger partial charge in [-0.25, -0.2) is 4.39 Å². The number of carbonyl (C=O) groups is 2. The number of carbonyl (C=O) groups excluding carboxylic acids is 2. The molecule has 6 heteroatoms. The van der Waals surface area contributed by atoms with Crippen LogP contribution in [0.2, 0.25) is 0 Å². The van der Waals surface area contributed by atoms with Gasteiger partial charge < -0.3 is 4.42 Å². The Labute approximate surface area is 143 Å². The number of aryl methyl sites for hydroxylation is 1. The van der Waals surface area contributed by atoms with E-state index in [-0.39, 0.29) is 5.76 Å². The zero-order valence-electron chi connectivity index (χ0n) is 13.4. The van der Waals surface area contributed by atoms with Gasteiger partial charge in [0.2, 0.25) is 0 Å². The molecule has 0 radical (unpaired) electrons. The number of rotatable bonds is 3. The van der Waals surface area contributed by atoms with Crippen LogP contribution in [0.5, 0.6) is 0 Å². The maximum atomic E-state index is 13.1. The first kappa shape index (κ1) is 16.4. The first-order chi connectivity index (χ1) is 12.0. The van der Waals surface area contributed by atoms with E-state index in [0.29, 0.717) is 16.7 Å². The molecule has 0 aliphatic heterocycles. The SMILES string of the molecule is Cc1c(C(=O)NNC(=O)/C=C/c2cccc(F)c2)oc2ccccc12. The van der Waals surface area contributed by atoms with Crippen LogP contribution in [0.1, 0.15) is 21.7 Å². The summed E-state index contributed by atoms with van der Waals surface area (Å²) in [7, 11) is 0.